The van der Waals surface area contributed by atoms with Gasteiger partial charge in [0.15, 0.2) is 0 Å². The third kappa shape index (κ3) is 1.32. The molecule has 0 saturated carbocycles. The first-order valence-corrected chi connectivity index (χ1v) is 3.65. The van der Waals surface area contributed by atoms with Gasteiger partial charge in [0, 0.05) is 12.4 Å². The third-order valence-electron chi connectivity index (χ3n) is 1.14. The first-order chi connectivity index (χ1) is 4.22. The molecule has 0 fully saturated rings. The van der Waals surface area contributed by atoms with Crippen LogP contribution in [0.25, 0.3) is 0 Å². The lowest BCUT2D eigenvalue weighted by Gasteiger charge is -1.98. The normalized spacial score (nSPS) is 9.56. The van der Waals surface area contributed by atoms with Gasteiger partial charge >= 0.3 is 0 Å². The summed E-state index contributed by atoms with van der Waals surface area (Å²) in [6.45, 7) is 1.95. The van der Waals surface area contributed by atoms with Gasteiger partial charge in [-0.3, -0.25) is 4.98 Å². The van der Waals surface area contributed by atoms with Gasteiger partial charge < -0.3 is 5.73 Å². The molecule has 0 aliphatic carbocycles. The molecule has 1 rings (SSSR count). The molecular formula is C6H7IN2. The fourth-order valence-electron chi connectivity index (χ4n) is 0.542. The number of hydrogen-bond acceptors (Lipinski definition) is 2. The number of nitrogens with zero attached hydrogens (tertiary/aromatic N) is 1. The van der Waals surface area contributed by atoms with E-state index in [1.54, 1.807) is 12.4 Å². The van der Waals surface area contributed by atoms with Crippen LogP contribution in [0.1, 0.15) is 5.56 Å². The summed E-state index contributed by atoms with van der Waals surface area (Å²) in [5.41, 5.74) is 7.52. The molecule has 0 radical (unpaired) electrons. The van der Waals surface area contributed by atoms with Crippen molar-refractivity contribution in [2.24, 2.45) is 0 Å². The van der Waals surface area contributed by atoms with Crippen molar-refractivity contribution in [3.63, 3.8) is 0 Å². The van der Waals surface area contributed by atoms with Crippen molar-refractivity contribution in [3.05, 3.63) is 21.5 Å². The molecule has 1 aromatic heterocycles. The fourth-order valence-corrected chi connectivity index (χ4v) is 1.13. The van der Waals surface area contributed by atoms with E-state index in [4.69, 9.17) is 5.73 Å². The van der Waals surface area contributed by atoms with Gasteiger partial charge in [0.1, 0.15) is 0 Å². The molecule has 1 aromatic rings. The first kappa shape index (κ1) is 6.80. The second-order valence-electron chi connectivity index (χ2n) is 1.85. The van der Waals surface area contributed by atoms with E-state index < -0.39 is 0 Å². The Morgan fingerprint density at radius 3 is 2.67 bits per heavy atom. The van der Waals surface area contributed by atoms with Gasteiger partial charge in [-0.15, -0.1) is 0 Å². The van der Waals surface area contributed by atoms with Crippen LogP contribution in [0.3, 0.4) is 0 Å². The number of pyridine rings is 1. The van der Waals surface area contributed by atoms with Crippen LogP contribution in [-0.4, -0.2) is 4.98 Å². The van der Waals surface area contributed by atoms with Crippen molar-refractivity contribution in [1.82, 2.24) is 4.98 Å². The molecule has 0 saturated heterocycles. The molecule has 0 atom stereocenters. The highest BCUT2D eigenvalue weighted by Gasteiger charge is 1.95. The predicted molar refractivity (Wildman–Crippen MR) is 46.1 cm³/mol. The SMILES string of the molecule is Cc1cncc(I)c1N. The lowest BCUT2D eigenvalue weighted by atomic mass is 10.3. The Morgan fingerprint density at radius 2 is 2.22 bits per heavy atom. The average molecular weight is 234 g/mol. The number of halogens is 1. The zero-order chi connectivity index (χ0) is 6.85. The summed E-state index contributed by atoms with van der Waals surface area (Å²) >= 11 is 2.16. The summed E-state index contributed by atoms with van der Waals surface area (Å²) in [5, 5.41) is 0. The summed E-state index contributed by atoms with van der Waals surface area (Å²) in [6.07, 6.45) is 3.51. The molecule has 0 aliphatic rings. The number of nitrogens with two attached hydrogens (primary N) is 1. The largest absolute Gasteiger partial charge is 0.398 e. The van der Waals surface area contributed by atoms with Gasteiger partial charge in [-0.05, 0) is 35.1 Å². The van der Waals surface area contributed by atoms with Crippen LogP contribution in [-0.2, 0) is 0 Å². The van der Waals surface area contributed by atoms with Crippen molar-refractivity contribution in [1.29, 1.82) is 0 Å². The molecule has 2 nitrogen and oxygen atoms in total. The van der Waals surface area contributed by atoms with E-state index in [1.165, 1.54) is 0 Å². The summed E-state index contributed by atoms with van der Waals surface area (Å²) in [5.74, 6) is 0. The molecule has 3 heteroatoms. The van der Waals surface area contributed by atoms with E-state index in [2.05, 4.69) is 27.6 Å². The van der Waals surface area contributed by atoms with Gasteiger partial charge in [0.05, 0.1) is 9.26 Å². The highest BCUT2D eigenvalue weighted by molar-refractivity contribution is 14.1. The van der Waals surface area contributed by atoms with E-state index in [0.717, 1.165) is 14.8 Å². The number of rotatable bonds is 0. The highest BCUT2D eigenvalue weighted by Crippen LogP contribution is 2.15. The summed E-state index contributed by atoms with van der Waals surface area (Å²) in [7, 11) is 0. The molecule has 0 spiro atoms. The van der Waals surface area contributed by atoms with Crippen molar-refractivity contribution >= 4 is 28.3 Å². The van der Waals surface area contributed by atoms with Gasteiger partial charge in [-0.2, -0.15) is 0 Å². The average Bonchev–Trinajstić information content (AvgIpc) is 1.83. The zero-order valence-electron chi connectivity index (χ0n) is 5.06. The van der Waals surface area contributed by atoms with Gasteiger partial charge in [0.2, 0.25) is 0 Å². The van der Waals surface area contributed by atoms with Crippen LogP contribution in [0.4, 0.5) is 5.69 Å². The Bertz CT molecular complexity index is 202. The number of aromatic nitrogens is 1. The van der Waals surface area contributed by atoms with Crippen molar-refractivity contribution < 1.29 is 0 Å². The Labute approximate surface area is 67.6 Å². The van der Waals surface area contributed by atoms with E-state index in [1.807, 2.05) is 6.92 Å². The van der Waals surface area contributed by atoms with Crippen LogP contribution in [0, 0.1) is 10.5 Å². The number of hydrogen-bond donors (Lipinski definition) is 1. The Hall–Kier alpha value is -0.320. The number of anilines is 1. The van der Waals surface area contributed by atoms with E-state index in [0.29, 0.717) is 0 Å². The van der Waals surface area contributed by atoms with Crippen molar-refractivity contribution in [2.75, 3.05) is 5.73 Å². The summed E-state index contributed by atoms with van der Waals surface area (Å²) in [6, 6.07) is 0. The zero-order valence-corrected chi connectivity index (χ0v) is 7.21. The Morgan fingerprint density at radius 1 is 1.56 bits per heavy atom. The molecule has 48 valence electrons. The molecule has 2 N–H and O–H groups in total. The highest BCUT2D eigenvalue weighted by atomic mass is 127. The maximum absolute atomic E-state index is 5.63. The third-order valence-corrected chi connectivity index (χ3v) is 2.00. The maximum Gasteiger partial charge on any atom is 0.0546 e. The van der Waals surface area contributed by atoms with Crippen LogP contribution >= 0.6 is 22.6 Å². The van der Waals surface area contributed by atoms with E-state index >= 15 is 0 Å². The first-order valence-electron chi connectivity index (χ1n) is 2.57. The lowest BCUT2D eigenvalue weighted by molar-refractivity contribution is 1.25. The van der Waals surface area contributed by atoms with Gasteiger partial charge in [-0.25, -0.2) is 0 Å². The van der Waals surface area contributed by atoms with Crippen LogP contribution in [0.2, 0.25) is 0 Å². The van der Waals surface area contributed by atoms with E-state index in [-0.39, 0.29) is 0 Å². The fraction of sp³-hybridized carbons (Fsp3) is 0.167. The van der Waals surface area contributed by atoms with Crippen LogP contribution in [0.5, 0.6) is 0 Å². The minimum atomic E-state index is 0.839. The molecule has 0 aromatic carbocycles. The van der Waals surface area contributed by atoms with Crippen molar-refractivity contribution in [2.45, 2.75) is 6.92 Å². The standard InChI is InChI=1S/C6H7IN2/c1-4-2-9-3-5(7)6(4)8/h2-3H,1H3,(H2,8,9). The van der Waals surface area contributed by atoms with Crippen molar-refractivity contribution in [3.8, 4) is 0 Å². The van der Waals surface area contributed by atoms with Crippen LogP contribution < -0.4 is 5.73 Å². The van der Waals surface area contributed by atoms with E-state index in [9.17, 15) is 0 Å². The Balaban J connectivity index is 3.25. The second-order valence-corrected chi connectivity index (χ2v) is 3.01. The second kappa shape index (κ2) is 2.51. The minimum absolute atomic E-state index is 0.839. The smallest absolute Gasteiger partial charge is 0.0546 e. The quantitative estimate of drug-likeness (QED) is 0.692. The van der Waals surface area contributed by atoms with Crippen LogP contribution in [0.15, 0.2) is 12.4 Å². The minimum Gasteiger partial charge on any atom is -0.398 e. The predicted octanol–water partition coefficient (Wildman–Crippen LogP) is 1.58. The molecule has 0 aliphatic heterocycles. The topological polar surface area (TPSA) is 38.9 Å². The molecular weight excluding hydrogens is 227 g/mol. The monoisotopic (exact) mass is 234 g/mol. The summed E-state index contributed by atoms with van der Waals surface area (Å²) < 4.78 is 1.02. The summed E-state index contributed by atoms with van der Waals surface area (Å²) in [4.78, 5) is 3.96. The molecule has 0 unspecified atom stereocenters. The molecule has 0 bridgehead atoms. The Kier molecular flexibility index (Phi) is 1.90. The molecule has 9 heavy (non-hydrogen) atoms. The number of aryl methyl sites for hydroxylation is 1. The van der Waals surface area contributed by atoms with Gasteiger partial charge in [-0.1, -0.05) is 0 Å². The molecule has 0 amide bonds. The number of nitrogen functional groups attached to an aromatic ring is 1. The lowest BCUT2D eigenvalue weighted by Crippen LogP contribution is -1.93. The van der Waals surface area contributed by atoms with Gasteiger partial charge in [0.25, 0.3) is 0 Å². The molecule has 1 heterocycles. The maximum atomic E-state index is 5.63.